The smallest absolute Gasteiger partial charge is 0.434 e. The van der Waals surface area contributed by atoms with Gasteiger partial charge in [0.25, 0.3) is 5.69 Å². The van der Waals surface area contributed by atoms with Gasteiger partial charge in [-0.15, -0.1) is 11.6 Å². The highest BCUT2D eigenvalue weighted by Gasteiger charge is 2.36. The summed E-state index contributed by atoms with van der Waals surface area (Å²) < 4.78 is 21.3. The third-order valence-corrected chi connectivity index (χ3v) is 6.11. The van der Waals surface area contributed by atoms with Gasteiger partial charge in [-0.25, -0.2) is 9.59 Å². The van der Waals surface area contributed by atoms with Gasteiger partial charge >= 0.3 is 12.3 Å². The van der Waals surface area contributed by atoms with E-state index in [1.54, 1.807) is 19.9 Å². The van der Waals surface area contributed by atoms with Gasteiger partial charge in [-0.05, 0) is 25.8 Å². The molecule has 1 aromatic carbocycles. The number of nitro benzene ring substituents is 1. The van der Waals surface area contributed by atoms with Crippen molar-refractivity contribution in [3.8, 4) is 0 Å². The van der Waals surface area contributed by atoms with Gasteiger partial charge in [-0.3, -0.25) is 10.1 Å². The predicted molar refractivity (Wildman–Crippen MR) is 143 cm³/mol. The average Bonchev–Trinajstić information content (AvgIpc) is 2.89. The number of dihydropyridines is 1. The van der Waals surface area contributed by atoms with E-state index in [-0.39, 0.29) is 36.3 Å². The number of hydrogen-bond donors (Lipinski definition) is 1. The average molecular weight is 553 g/mol. The topological polar surface area (TPSA) is 126 Å². The molecule has 1 heterocycles. The number of non-ortho nitro benzene ring substituents is 1. The lowest BCUT2D eigenvalue weighted by molar-refractivity contribution is -0.384. The number of allylic oxidation sites excluding steroid dienone is 2. The first kappa shape index (κ1) is 31.0. The van der Waals surface area contributed by atoms with Crippen LogP contribution in [0.1, 0.15) is 83.6 Å². The van der Waals surface area contributed by atoms with Gasteiger partial charge in [-0.1, -0.05) is 64.0 Å². The summed E-state index contributed by atoms with van der Waals surface area (Å²) in [7, 11) is 0. The van der Waals surface area contributed by atoms with E-state index < -0.39 is 23.2 Å². The highest BCUT2D eigenvalue weighted by atomic mass is 35.5. The van der Waals surface area contributed by atoms with E-state index >= 15 is 0 Å². The number of alkyl halides is 1. The summed E-state index contributed by atoms with van der Waals surface area (Å²) in [5.74, 6) is -0.702. The van der Waals surface area contributed by atoms with E-state index in [1.165, 1.54) is 43.9 Å². The molecule has 1 aromatic rings. The minimum absolute atomic E-state index is 0.0646. The molecule has 10 nitrogen and oxygen atoms in total. The number of nitro groups is 1. The molecule has 0 radical (unpaired) electrons. The fraction of sp³-hybridized carbons (Fsp3) is 0.556. The van der Waals surface area contributed by atoms with Crippen LogP contribution in [-0.4, -0.2) is 36.3 Å². The minimum Gasteiger partial charge on any atom is -0.434 e. The van der Waals surface area contributed by atoms with Crippen molar-refractivity contribution in [1.82, 2.24) is 5.32 Å². The molecule has 0 bridgehead atoms. The number of carbonyl (C=O) groups is 2. The van der Waals surface area contributed by atoms with Crippen molar-refractivity contribution in [2.24, 2.45) is 0 Å². The monoisotopic (exact) mass is 552 g/mol. The normalized spacial score (nSPS) is 15.1. The van der Waals surface area contributed by atoms with E-state index in [0.717, 1.165) is 19.3 Å². The number of nitrogens with one attached hydrogen (secondary N) is 1. The molecule has 0 amide bonds. The molecule has 2 rings (SSSR count). The lowest BCUT2D eigenvalue weighted by atomic mass is 9.90. The minimum atomic E-state index is -1.01. The summed E-state index contributed by atoms with van der Waals surface area (Å²) in [5, 5.41) is 14.4. The van der Waals surface area contributed by atoms with Crippen molar-refractivity contribution in [2.45, 2.75) is 78.1 Å². The zero-order chi connectivity index (χ0) is 27.9. The number of carbonyl (C=O) groups excluding carboxylic acids is 2. The largest absolute Gasteiger partial charge is 0.513 e. The van der Waals surface area contributed by atoms with E-state index in [1.807, 2.05) is 0 Å². The molecular formula is C27H37ClN2O8. The van der Waals surface area contributed by atoms with Crippen LogP contribution in [0, 0.1) is 10.1 Å². The SMILES string of the molecule is CCCCCCCCCCOC(=O)OC1=C(C)NC(C)=C(OC(=O)OCCCl)C1c1cccc([N+](=O)[O-])c1. The van der Waals surface area contributed by atoms with Gasteiger partial charge in [0.05, 0.1) is 28.8 Å². The van der Waals surface area contributed by atoms with Crippen LogP contribution >= 0.6 is 11.6 Å². The maximum absolute atomic E-state index is 12.6. The number of halogens is 1. The fourth-order valence-electron chi connectivity index (χ4n) is 4.10. The van der Waals surface area contributed by atoms with E-state index in [2.05, 4.69) is 12.2 Å². The molecule has 38 heavy (non-hydrogen) atoms. The van der Waals surface area contributed by atoms with Crippen molar-refractivity contribution >= 4 is 29.6 Å². The Labute approximate surface area is 228 Å². The highest BCUT2D eigenvalue weighted by molar-refractivity contribution is 6.18. The van der Waals surface area contributed by atoms with Crippen LogP contribution in [0.4, 0.5) is 15.3 Å². The van der Waals surface area contributed by atoms with Crippen molar-refractivity contribution in [3.05, 3.63) is 62.9 Å². The molecule has 0 spiro atoms. The van der Waals surface area contributed by atoms with Gasteiger partial charge in [-0.2, -0.15) is 0 Å². The van der Waals surface area contributed by atoms with Crippen molar-refractivity contribution in [3.63, 3.8) is 0 Å². The van der Waals surface area contributed by atoms with Crippen molar-refractivity contribution in [1.29, 1.82) is 0 Å². The predicted octanol–water partition coefficient (Wildman–Crippen LogP) is 7.43. The van der Waals surface area contributed by atoms with Crippen LogP contribution < -0.4 is 5.32 Å². The van der Waals surface area contributed by atoms with Crippen LogP contribution in [0.25, 0.3) is 0 Å². The first-order valence-electron chi connectivity index (χ1n) is 13.0. The summed E-state index contributed by atoms with van der Waals surface area (Å²) in [6.07, 6.45) is 6.92. The number of benzene rings is 1. The standard InChI is InChI=1S/C27H37ClN2O8/c1-4-5-6-7-8-9-10-11-16-35-26(31)37-24-19(2)29-20(3)25(38-27(32)36-17-15-28)23(24)21-13-12-14-22(18-21)30(33)34/h12-14,18,23,29H,4-11,15-17H2,1-3H3. The first-order chi connectivity index (χ1) is 18.3. The molecule has 0 aliphatic carbocycles. The van der Waals surface area contributed by atoms with Gasteiger partial charge in [0.15, 0.2) is 0 Å². The van der Waals surface area contributed by atoms with E-state index in [4.69, 9.17) is 30.5 Å². The third kappa shape index (κ3) is 9.89. The molecule has 0 saturated carbocycles. The van der Waals surface area contributed by atoms with Gasteiger partial charge in [0.2, 0.25) is 0 Å². The molecule has 1 aliphatic heterocycles. The Kier molecular flexibility index (Phi) is 13.5. The molecule has 11 heteroatoms. The van der Waals surface area contributed by atoms with Crippen LogP contribution in [0.3, 0.4) is 0 Å². The zero-order valence-corrected chi connectivity index (χ0v) is 23.0. The van der Waals surface area contributed by atoms with Crippen LogP contribution in [0.2, 0.25) is 0 Å². The molecular weight excluding hydrogens is 516 g/mol. The molecule has 1 atom stereocenters. The second-order valence-electron chi connectivity index (χ2n) is 8.95. The van der Waals surface area contributed by atoms with Crippen molar-refractivity contribution in [2.75, 3.05) is 19.1 Å². The highest BCUT2D eigenvalue weighted by Crippen LogP contribution is 2.40. The Morgan fingerprint density at radius 3 is 2.03 bits per heavy atom. The quantitative estimate of drug-likeness (QED) is 0.0776. The summed E-state index contributed by atoms with van der Waals surface area (Å²) in [6, 6.07) is 5.79. The summed E-state index contributed by atoms with van der Waals surface area (Å²) in [5.41, 5.74) is 1.12. The number of nitrogens with zero attached hydrogens (tertiary/aromatic N) is 1. The first-order valence-corrected chi connectivity index (χ1v) is 13.5. The fourth-order valence-corrected chi connectivity index (χ4v) is 4.18. The Bertz CT molecular complexity index is 1020. The van der Waals surface area contributed by atoms with E-state index in [0.29, 0.717) is 23.4 Å². The van der Waals surface area contributed by atoms with Gasteiger partial charge in [0, 0.05) is 12.1 Å². The third-order valence-electron chi connectivity index (χ3n) is 5.95. The summed E-state index contributed by atoms with van der Waals surface area (Å²) in [4.78, 5) is 35.7. The number of ether oxygens (including phenoxy) is 4. The summed E-state index contributed by atoms with van der Waals surface area (Å²) in [6.45, 7) is 5.67. The molecule has 1 aliphatic rings. The maximum atomic E-state index is 12.6. The lowest BCUT2D eigenvalue weighted by Gasteiger charge is -2.30. The molecule has 1 N–H and O–H groups in total. The van der Waals surface area contributed by atoms with Crippen molar-refractivity contribution < 1.29 is 33.5 Å². The second-order valence-corrected chi connectivity index (χ2v) is 9.33. The Balaban J connectivity index is 2.13. The lowest BCUT2D eigenvalue weighted by Crippen LogP contribution is -2.29. The molecule has 0 fully saturated rings. The maximum Gasteiger partial charge on any atom is 0.513 e. The van der Waals surface area contributed by atoms with Gasteiger partial charge in [0.1, 0.15) is 24.0 Å². The Morgan fingerprint density at radius 2 is 1.47 bits per heavy atom. The Hall–Kier alpha value is -3.27. The molecule has 210 valence electrons. The summed E-state index contributed by atoms with van der Waals surface area (Å²) >= 11 is 5.58. The number of unbranched alkanes of at least 4 members (excludes halogenated alkanes) is 7. The second kappa shape index (κ2) is 16.5. The van der Waals surface area contributed by atoms with E-state index in [9.17, 15) is 19.7 Å². The van der Waals surface area contributed by atoms with Crippen LogP contribution in [-0.2, 0) is 18.9 Å². The van der Waals surface area contributed by atoms with Crippen LogP contribution in [0.15, 0.2) is 47.2 Å². The Morgan fingerprint density at radius 1 is 0.921 bits per heavy atom. The zero-order valence-electron chi connectivity index (χ0n) is 22.3. The van der Waals surface area contributed by atoms with Gasteiger partial charge < -0.3 is 24.3 Å². The number of rotatable bonds is 15. The number of hydrogen-bond acceptors (Lipinski definition) is 9. The molecule has 1 unspecified atom stereocenters. The molecule has 0 saturated heterocycles. The van der Waals surface area contributed by atoms with Crippen LogP contribution in [0.5, 0.6) is 0 Å². The molecule has 0 aromatic heterocycles.